The fourth-order valence-corrected chi connectivity index (χ4v) is 4.46. The van der Waals surface area contributed by atoms with E-state index >= 15 is 0 Å². The third-order valence-electron chi connectivity index (χ3n) is 5.04. The molecule has 1 N–H and O–H groups in total. The molecule has 162 valence electrons. The van der Waals surface area contributed by atoms with Crippen LogP contribution in [0.1, 0.15) is 24.1 Å². The molecule has 0 spiro atoms. The molecule has 4 rings (SSSR count). The van der Waals surface area contributed by atoms with Gasteiger partial charge in [0.1, 0.15) is 10.7 Å². The minimum atomic E-state index is -0.532. The lowest BCUT2D eigenvalue weighted by molar-refractivity contribution is -0.116. The minimum absolute atomic E-state index is 0.113. The molecule has 6 nitrogen and oxygen atoms in total. The summed E-state index contributed by atoms with van der Waals surface area (Å²) in [5, 5.41) is 12.8. The Balaban J connectivity index is 1.89. The predicted molar refractivity (Wildman–Crippen MR) is 129 cm³/mol. The molecule has 0 aliphatic carbocycles. The second-order valence-electron chi connectivity index (χ2n) is 7.27. The summed E-state index contributed by atoms with van der Waals surface area (Å²) in [7, 11) is 0. The summed E-state index contributed by atoms with van der Waals surface area (Å²) in [4.78, 5) is 30.5. The highest BCUT2D eigenvalue weighted by atomic mass is 32.1. The second-order valence-corrected chi connectivity index (χ2v) is 8.30. The molecule has 2 heterocycles. The maximum absolute atomic E-state index is 13.4. The van der Waals surface area contributed by atoms with Crippen LogP contribution in [0.25, 0.3) is 17.3 Å². The van der Waals surface area contributed by atoms with Crippen LogP contribution in [0.2, 0.25) is 0 Å². The van der Waals surface area contributed by atoms with E-state index in [9.17, 15) is 14.9 Å². The zero-order chi connectivity index (χ0) is 23.2. The number of para-hydroxylation sites is 1. The molecule has 33 heavy (non-hydrogen) atoms. The van der Waals surface area contributed by atoms with Crippen molar-refractivity contribution in [2.45, 2.75) is 13.0 Å². The average Bonchev–Trinajstić information content (AvgIpc) is 3.16. The number of hydrogen-bond acceptors (Lipinski definition) is 5. The van der Waals surface area contributed by atoms with E-state index < -0.39 is 5.91 Å². The maximum Gasteiger partial charge on any atom is 0.273 e. The van der Waals surface area contributed by atoms with Gasteiger partial charge in [-0.05, 0) is 48.4 Å². The molecular weight excluding hydrogens is 432 g/mol. The Labute approximate surface area is 194 Å². The van der Waals surface area contributed by atoms with Crippen molar-refractivity contribution in [1.82, 2.24) is 14.9 Å². The molecule has 0 aliphatic rings. The van der Waals surface area contributed by atoms with Crippen LogP contribution in [0.3, 0.4) is 0 Å². The third-order valence-corrected chi connectivity index (χ3v) is 6.13. The van der Waals surface area contributed by atoms with E-state index in [0.717, 1.165) is 22.5 Å². The van der Waals surface area contributed by atoms with Gasteiger partial charge < -0.3 is 5.32 Å². The second kappa shape index (κ2) is 9.90. The highest BCUT2D eigenvalue weighted by Gasteiger charge is 2.19. The van der Waals surface area contributed by atoms with E-state index in [0.29, 0.717) is 10.2 Å². The normalized spacial score (nSPS) is 13.2. The van der Waals surface area contributed by atoms with Gasteiger partial charge in [0.2, 0.25) is 0 Å². The van der Waals surface area contributed by atoms with Crippen LogP contribution in [0.4, 0.5) is 0 Å². The van der Waals surface area contributed by atoms with E-state index in [4.69, 9.17) is 0 Å². The number of rotatable bonds is 5. The summed E-state index contributed by atoms with van der Waals surface area (Å²) in [5.41, 5.74) is 1.89. The first-order valence-corrected chi connectivity index (χ1v) is 11.1. The highest BCUT2D eigenvalue weighted by molar-refractivity contribution is 7.07. The molecule has 1 atom stereocenters. The number of thiazole rings is 1. The zero-order valence-corrected chi connectivity index (χ0v) is 18.6. The molecule has 0 saturated heterocycles. The monoisotopic (exact) mass is 452 g/mol. The number of nitriles is 1. The lowest BCUT2D eigenvalue weighted by atomic mass is 10.1. The van der Waals surface area contributed by atoms with Crippen molar-refractivity contribution in [3.8, 4) is 11.8 Å². The molecule has 0 bridgehead atoms. The van der Waals surface area contributed by atoms with Crippen LogP contribution in [-0.4, -0.2) is 15.5 Å². The van der Waals surface area contributed by atoms with Crippen molar-refractivity contribution in [3.63, 3.8) is 0 Å². The summed E-state index contributed by atoms with van der Waals surface area (Å²) in [6, 6.07) is 23.8. The van der Waals surface area contributed by atoms with E-state index in [1.54, 1.807) is 54.9 Å². The van der Waals surface area contributed by atoms with Gasteiger partial charge in [0.15, 0.2) is 5.57 Å². The fraction of sp³-hybridized carbons (Fsp3) is 0.0769. The van der Waals surface area contributed by atoms with Gasteiger partial charge in [-0.2, -0.15) is 5.26 Å². The number of carbonyl (C=O) groups excluding carboxylic acids is 1. The molecule has 0 unspecified atom stereocenters. The number of pyridine rings is 1. The third kappa shape index (κ3) is 4.81. The standard InChI is InChI=1S/C26H20N4O2S/c1-18(20-8-4-2-5-9-20)29-24(31)22(17-27)26-30(21-10-6-3-7-11-21)25(32)23(33-26)16-19-12-14-28-15-13-19/h2-16,18H,1H3,(H,29,31)/b23-16+,26-22-/t18-/m1/s1. The van der Waals surface area contributed by atoms with Gasteiger partial charge in [0.05, 0.1) is 16.3 Å². The van der Waals surface area contributed by atoms with Crippen LogP contribution < -0.4 is 20.1 Å². The summed E-state index contributed by atoms with van der Waals surface area (Å²) < 4.78 is 2.12. The summed E-state index contributed by atoms with van der Waals surface area (Å²) >= 11 is 1.11. The fourth-order valence-electron chi connectivity index (χ4n) is 3.36. The number of amides is 1. The Morgan fingerprint density at radius 3 is 2.33 bits per heavy atom. The van der Waals surface area contributed by atoms with E-state index in [2.05, 4.69) is 10.3 Å². The smallest absolute Gasteiger partial charge is 0.273 e. The number of nitrogens with one attached hydrogen (secondary N) is 1. The average molecular weight is 453 g/mol. The van der Waals surface area contributed by atoms with Crippen molar-refractivity contribution in [1.29, 1.82) is 5.26 Å². The Bertz CT molecular complexity index is 1490. The Morgan fingerprint density at radius 2 is 1.70 bits per heavy atom. The number of carbonyl (C=O) groups is 1. The lowest BCUT2D eigenvalue weighted by Gasteiger charge is -2.13. The van der Waals surface area contributed by atoms with E-state index in [-0.39, 0.29) is 21.8 Å². The largest absolute Gasteiger partial charge is 0.345 e. The molecule has 0 radical (unpaired) electrons. The quantitative estimate of drug-likeness (QED) is 0.504. The van der Waals surface area contributed by atoms with Crippen LogP contribution >= 0.6 is 11.3 Å². The Kier molecular flexibility index (Phi) is 6.58. The number of benzene rings is 2. The van der Waals surface area contributed by atoms with Gasteiger partial charge in [-0.1, -0.05) is 48.5 Å². The number of aromatic nitrogens is 2. The van der Waals surface area contributed by atoms with Crippen molar-refractivity contribution in [2.75, 3.05) is 0 Å². The summed E-state index contributed by atoms with van der Waals surface area (Å²) in [5.74, 6) is -0.532. The Hall–Kier alpha value is -4.28. The molecule has 0 aliphatic heterocycles. The van der Waals surface area contributed by atoms with Crippen LogP contribution in [0, 0.1) is 11.3 Å². The highest BCUT2D eigenvalue weighted by Crippen LogP contribution is 2.12. The molecular formula is C26H20N4O2S. The maximum atomic E-state index is 13.4. The molecule has 2 aromatic carbocycles. The van der Waals surface area contributed by atoms with Gasteiger partial charge in [-0.25, -0.2) is 0 Å². The molecule has 0 fully saturated rings. The minimum Gasteiger partial charge on any atom is -0.345 e. The van der Waals surface area contributed by atoms with Crippen molar-refractivity contribution in [2.24, 2.45) is 0 Å². The van der Waals surface area contributed by atoms with Gasteiger partial charge in [0, 0.05) is 12.4 Å². The molecule has 7 heteroatoms. The van der Waals surface area contributed by atoms with Gasteiger partial charge >= 0.3 is 0 Å². The van der Waals surface area contributed by atoms with Gasteiger partial charge in [-0.15, -0.1) is 11.3 Å². The van der Waals surface area contributed by atoms with E-state index in [1.807, 2.05) is 49.4 Å². The first kappa shape index (κ1) is 21.9. The summed E-state index contributed by atoms with van der Waals surface area (Å²) in [6.45, 7) is 1.85. The lowest BCUT2D eigenvalue weighted by Crippen LogP contribution is -2.34. The number of nitrogens with zero attached hydrogens (tertiary/aromatic N) is 3. The molecule has 0 saturated carbocycles. The first-order valence-electron chi connectivity index (χ1n) is 10.3. The van der Waals surface area contributed by atoms with Crippen molar-refractivity contribution < 1.29 is 4.79 Å². The number of hydrogen-bond donors (Lipinski definition) is 1. The van der Waals surface area contributed by atoms with Gasteiger partial charge in [-0.3, -0.25) is 19.1 Å². The SMILES string of the molecule is C[C@@H](NC(=O)/C(C#N)=c1\s/c(=C/c2ccncc2)c(=O)n1-c1ccccc1)c1ccccc1. The Morgan fingerprint density at radius 1 is 1.06 bits per heavy atom. The topological polar surface area (TPSA) is 87.8 Å². The van der Waals surface area contributed by atoms with Crippen LogP contribution in [0.15, 0.2) is 90.0 Å². The van der Waals surface area contributed by atoms with Gasteiger partial charge in [0.25, 0.3) is 11.5 Å². The zero-order valence-electron chi connectivity index (χ0n) is 17.8. The van der Waals surface area contributed by atoms with Crippen LogP contribution in [-0.2, 0) is 4.79 Å². The summed E-state index contributed by atoms with van der Waals surface area (Å²) in [6.07, 6.45) is 5.01. The molecule has 2 aromatic heterocycles. The van der Waals surface area contributed by atoms with Crippen LogP contribution in [0.5, 0.6) is 0 Å². The first-order chi connectivity index (χ1) is 16.1. The van der Waals surface area contributed by atoms with Crippen molar-refractivity contribution in [3.05, 3.63) is 116 Å². The molecule has 1 amide bonds. The predicted octanol–water partition coefficient (Wildman–Crippen LogP) is 2.67. The van der Waals surface area contributed by atoms with E-state index in [1.165, 1.54) is 4.57 Å². The molecule has 4 aromatic rings. The van der Waals surface area contributed by atoms with Crippen molar-refractivity contribution >= 4 is 28.9 Å².